The van der Waals surface area contributed by atoms with Gasteiger partial charge in [0.25, 0.3) is 0 Å². The van der Waals surface area contributed by atoms with Gasteiger partial charge in [0.05, 0.1) is 38.9 Å². The standard InChI is InChI=1S/C29H35NO5/c1-5-6-7-20-8-11-22(12-9-20)29(31)35-26-14-10-21(17-27(26)33-3)16-24(19-30)23-13-15-25(32-2)28(18-23)34-4/h10,13-18,20,22H,5-9,11-12H2,1-4H3/b24-16-. The highest BCUT2D eigenvalue weighted by Crippen LogP contribution is 2.36. The Morgan fingerprint density at radius 1 is 0.943 bits per heavy atom. The van der Waals surface area contributed by atoms with Crippen molar-refractivity contribution >= 4 is 17.6 Å². The van der Waals surface area contributed by atoms with Gasteiger partial charge in [0, 0.05) is 0 Å². The van der Waals surface area contributed by atoms with Crippen LogP contribution in [0.2, 0.25) is 0 Å². The topological polar surface area (TPSA) is 77.8 Å². The number of esters is 1. The number of carbonyl (C=O) groups excluding carboxylic acids is 1. The van der Waals surface area contributed by atoms with E-state index >= 15 is 0 Å². The second-order valence-electron chi connectivity index (χ2n) is 8.93. The van der Waals surface area contributed by atoms with Crippen LogP contribution in [0, 0.1) is 23.2 Å². The molecule has 0 heterocycles. The molecule has 1 saturated carbocycles. The van der Waals surface area contributed by atoms with Crippen molar-refractivity contribution < 1.29 is 23.7 Å². The molecule has 0 N–H and O–H groups in total. The number of unbranched alkanes of at least 4 members (excludes halogenated alkanes) is 1. The van der Waals surface area contributed by atoms with Crippen LogP contribution in [0.4, 0.5) is 0 Å². The van der Waals surface area contributed by atoms with E-state index in [1.807, 2.05) is 6.07 Å². The monoisotopic (exact) mass is 477 g/mol. The molecule has 1 aliphatic carbocycles. The normalized spacial score (nSPS) is 17.9. The third-order valence-electron chi connectivity index (χ3n) is 6.67. The fourth-order valence-corrected chi connectivity index (χ4v) is 4.58. The second kappa shape index (κ2) is 12.9. The average Bonchev–Trinajstić information content (AvgIpc) is 2.90. The highest BCUT2D eigenvalue weighted by atomic mass is 16.6. The summed E-state index contributed by atoms with van der Waals surface area (Å²) in [5.41, 5.74) is 1.91. The molecule has 0 unspecified atom stereocenters. The van der Waals surface area contributed by atoms with Crippen molar-refractivity contribution in [3.05, 3.63) is 47.5 Å². The van der Waals surface area contributed by atoms with E-state index in [4.69, 9.17) is 18.9 Å². The third kappa shape index (κ3) is 6.79. The zero-order chi connectivity index (χ0) is 25.2. The molecule has 2 aromatic rings. The summed E-state index contributed by atoms with van der Waals surface area (Å²) in [5, 5.41) is 9.75. The Bertz CT molecular complexity index is 1080. The molecule has 0 atom stereocenters. The van der Waals surface area contributed by atoms with Crippen molar-refractivity contribution in [1.29, 1.82) is 5.26 Å². The number of nitriles is 1. The van der Waals surface area contributed by atoms with Crippen LogP contribution in [0.1, 0.15) is 63.0 Å². The lowest BCUT2D eigenvalue weighted by Gasteiger charge is -2.27. The van der Waals surface area contributed by atoms with Crippen LogP contribution < -0.4 is 18.9 Å². The van der Waals surface area contributed by atoms with Gasteiger partial charge < -0.3 is 18.9 Å². The van der Waals surface area contributed by atoms with Gasteiger partial charge in [-0.1, -0.05) is 32.3 Å². The number of allylic oxidation sites excluding steroid dienone is 1. The number of methoxy groups -OCH3 is 3. The Morgan fingerprint density at radius 2 is 1.60 bits per heavy atom. The van der Waals surface area contributed by atoms with E-state index in [0.717, 1.165) is 37.2 Å². The summed E-state index contributed by atoms with van der Waals surface area (Å²) in [4.78, 5) is 12.8. The molecule has 35 heavy (non-hydrogen) atoms. The van der Waals surface area contributed by atoms with Crippen molar-refractivity contribution in [2.75, 3.05) is 21.3 Å². The molecule has 0 saturated heterocycles. The lowest BCUT2D eigenvalue weighted by atomic mass is 9.80. The van der Waals surface area contributed by atoms with E-state index < -0.39 is 0 Å². The summed E-state index contributed by atoms with van der Waals surface area (Å²) in [6.45, 7) is 2.22. The van der Waals surface area contributed by atoms with E-state index in [0.29, 0.717) is 34.1 Å². The van der Waals surface area contributed by atoms with Crippen LogP contribution in [-0.4, -0.2) is 27.3 Å². The van der Waals surface area contributed by atoms with Gasteiger partial charge in [-0.3, -0.25) is 4.79 Å². The first-order chi connectivity index (χ1) is 17.0. The Kier molecular flexibility index (Phi) is 9.60. The quantitative estimate of drug-likeness (QED) is 0.164. The number of ether oxygens (including phenoxy) is 4. The summed E-state index contributed by atoms with van der Waals surface area (Å²) < 4.78 is 21.9. The van der Waals surface area contributed by atoms with Crippen LogP contribution in [0.5, 0.6) is 23.0 Å². The molecule has 0 bridgehead atoms. The number of hydrogen-bond acceptors (Lipinski definition) is 6. The number of hydrogen-bond donors (Lipinski definition) is 0. The van der Waals surface area contributed by atoms with Crippen LogP contribution in [0.25, 0.3) is 11.6 Å². The van der Waals surface area contributed by atoms with Crippen molar-refractivity contribution in [2.45, 2.75) is 51.9 Å². The van der Waals surface area contributed by atoms with Crippen LogP contribution in [0.3, 0.4) is 0 Å². The molecule has 3 rings (SSSR count). The van der Waals surface area contributed by atoms with Crippen LogP contribution >= 0.6 is 0 Å². The van der Waals surface area contributed by atoms with Crippen LogP contribution in [0.15, 0.2) is 36.4 Å². The van der Waals surface area contributed by atoms with Gasteiger partial charge in [0.15, 0.2) is 23.0 Å². The predicted molar refractivity (Wildman–Crippen MR) is 137 cm³/mol. The molecule has 186 valence electrons. The second-order valence-corrected chi connectivity index (χ2v) is 8.93. The smallest absolute Gasteiger partial charge is 0.314 e. The SMILES string of the molecule is CCCCC1CCC(C(=O)Oc2ccc(/C=C(/C#N)c3ccc(OC)c(OC)c3)cc2OC)CC1. The molecule has 0 aromatic heterocycles. The van der Waals surface area contributed by atoms with Gasteiger partial charge in [-0.05, 0) is 79.1 Å². The Labute approximate surface area is 208 Å². The van der Waals surface area contributed by atoms with E-state index in [-0.39, 0.29) is 11.9 Å². The van der Waals surface area contributed by atoms with Gasteiger partial charge in [-0.2, -0.15) is 5.26 Å². The number of nitrogens with zero attached hydrogens (tertiary/aromatic N) is 1. The largest absolute Gasteiger partial charge is 0.493 e. The minimum Gasteiger partial charge on any atom is -0.493 e. The molecule has 6 nitrogen and oxygen atoms in total. The maximum absolute atomic E-state index is 12.8. The van der Waals surface area contributed by atoms with Gasteiger partial charge in [0.1, 0.15) is 0 Å². The number of rotatable bonds is 10. The molecule has 0 aliphatic heterocycles. The minimum absolute atomic E-state index is 0.0626. The predicted octanol–water partition coefficient (Wildman–Crippen LogP) is 6.68. The molecule has 0 amide bonds. The van der Waals surface area contributed by atoms with Gasteiger partial charge >= 0.3 is 5.97 Å². The van der Waals surface area contributed by atoms with E-state index in [1.54, 1.807) is 57.7 Å². The molecular weight excluding hydrogens is 442 g/mol. The summed E-state index contributed by atoms with van der Waals surface area (Å²) >= 11 is 0. The Hall–Kier alpha value is -3.46. The van der Waals surface area contributed by atoms with Gasteiger partial charge in [-0.15, -0.1) is 0 Å². The first-order valence-corrected chi connectivity index (χ1v) is 12.3. The lowest BCUT2D eigenvalue weighted by Crippen LogP contribution is -2.25. The molecule has 2 aromatic carbocycles. The number of benzene rings is 2. The molecule has 6 heteroatoms. The highest BCUT2D eigenvalue weighted by molar-refractivity contribution is 5.90. The zero-order valence-corrected chi connectivity index (χ0v) is 21.1. The third-order valence-corrected chi connectivity index (χ3v) is 6.67. The van der Waals surface area contributed by atoms with Crippen molar-refractivity contribution in [1.82, 2.24) is 0 Å². The first-order valence-electron chi connectivity index (χ1n) is 12.3. The van der Waals surface area contributed by atoms with E-state index in [1.165, 1.54) is 19.3 Å². The van der Waals surface area contributed by atoms with E-state index in [2.05, 4.69) is 13.0 Å². The van der Waals surface area contributed by atoms with Crippen molar-refractivity contribution in [3.63, 3.8) is 0 Å². The van der Waals surface area contributed by atoms with Gasteiger partial charge in [-0.25, -0.2) is 0 Å². The van der Waals surface area contributed by atoms with Crippen molar-refractivity contribution in [2.24, 2.45) is 11.8 Å². The van der Waals surface area contributed by atoms with Crippen molar-refractivity contribution in [3.8, 4) is 29.1 Å². The molecule has 0 radical (unpaired) electrons. The summed E-state index contributed by atoms with van der Waals surface area (Å²) in [6.07, 6.45) is 9.44. The number of carbonyl (C=O) groups is 1. The van der Waals surface area contributed by atoms with E-state index in [9.17, 15) is 10.1 Å². The first kappa shape index (κ1) is 26.2. The maximum Gasteiger partial charge on any atom is 0.314 e. The van der Waals surface area contributed by atoms with Crippen LogP contribution in [-0.2, 0) is 4.79 Å². The zero-order valence-electron chi connectivity index (χ0n) is 21.1. The lowest BCUT2D eigenvalue weighted by molar-refractivity contribution is -0.140. The summed E-state index contributed by atoms with van der Waals surface area (Å²) in [6, 6.07) is 12.9. The summed E-state index contributed by atoms with van der Waals surface area (Å²) in [7, 11) is 4.66. The van der Waals surface area contributed by atoms with Gasteiger partial charge in [0.2, 0.25) is 0 Å². The fraction of sp³-hybridized carbons (Fsp3) is 0.448. The minimum atomic E-state index is -0.191. The average molecular weight is 478 g/mol. The molecule has 1 fully saturated rings. The molecule has 0 spiro atoms. The molecular formula is C29H35NO5. The fourth-order valence-electron chi connectivity index (χ4n) is 4.58. The maximum atomic E-state index is 12.8. The molecule has 1 aliphatic rings. The Balaban J connectivity index is 1.72. The highest BCUT2D eigenvalue weighted by Gasteiger charge is 2.28. The Morgan fingerprint density at radius 3 is 2.23 bits per heavy atom. The summed E-state index contributed by atoms with van der Waals surface area (Å²) in [5.74, 6) is 2.47.